The summed E-state index contributed by atoms with van der Waals surface area (Å²) in [5.74, 6) is 1.15. The van der Waals surface area contributed by atoms with E-state index in [1.165, 1.54) is 37.1 Å². The standard InChI is InChI=1S/C23H27N5OS/c29-22(24-9-13-27-10-4-5-11-27)18-8-12-28(14-18)21-20-19(17-6-2-1-3-7-17)15-30-23(20)26-16-25-21/h1-3,6-7,15-16,18H,4-5,8-14H2,(H,24,29). The number of anilines is 1. The molecule has 156 valence electrons. The second-order valence-electron chi connectivity index (χ2n) is 8.16. The van der Waals surface area contributed by atoms with Crippen molar-refractivity contribution in [2.24, 2.45) is 5.92 Å². The van der Waals surface area contributed by atoms with Gasteiger partial charge in [0.15, 0.2) is 0 Å². The number of amides is 1. The number of hydrogen-bond acceptors (Lipinski definition) is 6. The zero-order chi connectivity index (χ0) is 20.3. The highest BCUT2D eigenvalue weighted by molar-refractivity contribution is 7.17. The average Bonchev–Trinajstić information content (AvgIpc) is 3.54. The van der Waals surface area contributed by atoms with Crippen molar-refractivity contribution in [1.29, 1.82) is 0 Å². The number of thiophene rings is 1. The van der Waals surface area contributed by atoms with Gasteiger partial charge in [-0.3, -0.25) is 4.79 Å². The lowest BCUT2D eigenvalue weighted by Crippen LogP contribution is -2.37. The van der Waals surface area contributed by atoms with Crippen molar-refractivity contribution in [2.75, 3.05) is 44.2 Å². The Hall–Kier alpha value is -2.51. The van der Waals surface area contributed by atoms with Crippen LogP contribution in [0.4, 0.5) is 5.82 Å². The number of carbonyl (C=O) groups excluding carboxylic acids is 1. The van der Waals surface area contributed by atoms with Gasteiger partial charge in [-0.2, -0.15) is 0 Å². The Balaban J connectivity index is 1.29. The molecule has 5 rings (SSSR count). The molecule has 2 fully saturated rings. The van der Waals surface area contributed by atoms with Crippen LogP contribution in [0.1, 0.15) is 19.3 Å². The van der Waals surface area contributed by atoms with E-state index in [1.807, 2.05) is 6.07 Å². The maximum atomic E-state index is 12.7. The SMILES string of the molecule is O=C(NCCN1CCCC1)C1CCN(c2ncnc3scc(-c4ccccc4)c23)C1. The summed E-state index contributed by atoms with van der Waals surface area (Å²) in [6, 6.07) is 10.4. The highest BCUT2D eigenvalue weighted by Crippen LogP contribution is 2.39. The zero-order valence-corrected chi connectivity index (χ0v) is 17.9. The van der Waals surface area contributed by atoms with E-state index in [2.05, 4.69) is 54.7 Å². The fraction of sp³-hybridized carbons (Fsp3) is 0.435. The molecular weight excluding hydrogens is 394 g/mol. The maximum absolute atomic E-state index is 12.7. The van der Waals surface area contributed by atoms with Crippen LogP contribution in [0.3, 0.4) is 0 Å². The van der Waals surface area contributed by atoms with Gasteiger partial charge in [0.05, 0.1) is 11.3 Å². The molecule has 3 aromatic rings. The van der Waals surface area contributed by atoms with E-state index in [4.69, 9.17) is 0 Å². The van der Waals surface area contributed by atoms with Gasteiger partial charge in [-0.1, -0.05) is 30.3 Å². The molecule has 1 aromatic carbocycles. The quantitative estimate of drug-likeness (QED) is 0.661. The molecule has 1 N–H and O–H groups in total. The van der Waals surface area contributed by atoms with Crippen molar-refractivity contribution < 1.29 is 4.79 Å². The van der Waals surface area contributed by atoms with E-state index in [9.17, 15) is 4.79 Å². The first kappa shape index (κ1) is 19.5. The summed E-state index contributed by atoms with van der Waals surface area (Å²) in [5, 5.41) is 6.42. The van der Waals surface area contributed by atoms with Crippen LogP contribution in [0.2, 0.25) is 0 Å². The molecule has 0 bridgehead atoms. The van der Waals surface area contributed by atoms with Crippen molar-refractivity contribution in [1.82, 2.24) is 20.2 Å². The summed E-state index contributed by atoms with van der Waals surface area (Å²) < 4.78 is 0. The second-order valence-corrected chi connectivity index (χ2v) is 9.02. The van der Waals surface area contributed by atoms with Crippen molar-refractivity contribution >= 4 is 33.3 Å². The van der Waals surface area contributed by atoms with Gasteiger partial charge in [0.1, 0.15) is 17.0 Å². The van der Waals surface area contributed by atoms with E-state index in [-0.39, 0.29) is 11.8 Å². The summed E-state index contributed by atoms with van der Waals surface area (Å²) in [4.78, 5) is 27.5. The molecule has 2 aliphatic rings. The van der Waals surface area contributed by atoms with Crippen LogP contribution in [0.15, 0.2) is 42.0 Å². The number of hydrogen-bond donors (Lipinski definition) is 1. The highest BCUT2D eigenvalue weighted by atomic mass is 32.1. The van der Waals surface area contributed by atoms with Gasteiger partial charge < -0.3 is 15.1 Å². The maximum Gasteiger partial charge on any atom is 0.225 e. The topological polar surface area (TPSA) is 61.4 Å². The second kappa shape index (κ2) is 8.70. The van der Waals surface area contributed by atoms with Crippen molar-refractivity contribution in [3.8, 4) is 11.1 Å². The number of nitrogens with zero attached hydrogens (tertiary/aromatic N) is 4. The molecule has 6 nitrogen and oxygen atoms in total. The lowest BCUT2D eigenvalue weighted by Gasteiger charge is -2.19. The first-order valence-electron chi connectivity index (χ1n) is 10.8. The number of likely N-dealkylation sites (tertiary alicyclic amines) is 1. The van der Waals surface area contributed by atoms with Gasteiger partial charge in [0.2, 0.25) is 5.91 Å². The Morgan fingerprint density at radius 1 is 1.13 bits per heavy atom. The Labute approximate surface area is 180 Å². The minimum atomic E-state index is 0.0207. The molecule has 1 atom stereocenters. The fourth-order valence-corrected chi connectivity index (χ4v) is 5.49. The normalized spacial score (nSPS) is 19.6. The summed E-state index contributed by atoms with van der Waals surface area (Å²) in [7, 11) is 0. The monoisotopic (exact) mass is 421 g/mol. The van der Waals surface area contributed by atoms with Crippen molar-refractivity contribution in [3.63, 3.8) is 0 Å². The predicted molar refractivity (Wildman–Crippen MR) is 122 cm³/mol. The molecule has 2 saturated heterocycles. The highest BCUT2D eigenvalue weighted by Gasteiger charge is 2.30. The predicted octanol–water partition coefficient (Wildman–Crippen LogP) is 3.40. The molecule has 2 aromatic heterocycles. The summed E-state index contributed by atoms with van der Waals surface area (Å²) in [5.41, 5.74) is 2.35. The molecule has 2 aliphatic heterocycles. The molecule has 30 heavy (non-hydrogen) atoms. The third-order valence-electron chi connectivity index (χ3n) is 6.22. The number of carbonyl (C=O) groups is 1. The Morgan fingerprint density at radius 2 is 1.97 bits per heavy atom. The fourth-order valence-electron chi connectivity index (χ4n) is 4.58. The summed E-state index contributed by atoms with van der Waals surface area (Å²) >= 11 is 1.65. The van der Waals surface area contributed by atoms with Gasteiger partial charge in [0.25, 0.3) is 0 Å². The van der Waals surface area contributed by atoms with E-state index in [0.29, 0.717) is 6.54 Å². The van der Waals surface area contributed by atoms with E-state index >= 15 is 0 Å². The third-order valence-corrected chi connectivity index (χ3v) is 7.11. The van der Waals surface area contributed by atoms with Crippen LogP contribution in [-0.2, 0) is 4.79 Å². The Bertz CT molecular complexity index is 1010. The smallest absolute Gasteiger partial charge is 0.225 e. The average molecular weight is 422 g/mol. The first-order valence-corrected chi connectivity index (χ1v) is 11.7. The third kappa shape index (κ3) is 3.91. The molecule has 0 spiro atoms. The van der Waals surface area contributed by atoms with Crippen molar-refractivity contribution in [3.05, 3.63) is 42.0 Å². The lowest BCUT2D eigenvalue weighted by molar-refractivity contribution is -0.124. The van der Waals surface area contributed by atoms with Crippen LogP contribution in [0.5, 0.6) is 0 Å². The molecule has 7 heteroatoms. The Kier molecular flexibility index (Phi) is 5.64. The van der Waals surface area contributed by atoms with Gasteiger partial charge in [-0.25, -0.2) is 9.97 Å². The minimum absolute atomic E-state index is 0.0207. The van der Waals surface area contributed by atoms with Crippen LogP contribution in [0.25, 0.3) is 21.3 Å². The molecule has 1 unspecified atom stereocenters. The molecule has 0 saturated carbocycles. The number of fused-ring (bicyclic) bond motifs is 1. The summed E-state index contributed by atoms with van der Waals surface area (Å²) in [6.45, 7) is 5.61. The van der Waals surface area contributed by atoms with Crippen LogP contribution in [-0.4, -0.2) is 60.0 Å². The van der Waals surface area contributed by atoms with Gasteiger partial charge >= 0.3 is 0 Å². The minimum Gasteiger partial charge on any atom is -0.355 e. The number of nitrogens with one attached hydrogen (secondary N) is 1. The zero-order valence-electron chi connectivity index (χ0n) is 17.1. The van der Waals surface area contributed by atoms with Crippen LogP contribution < -0.4 is 10.2 Å². The van der Waals surface area contributed by atoms with E-state index in [1.54, 1.807) is 17.7 Å². The van der Waals surface area contributed by atoms with Gasteiger partial charge in [0, 0.05) is 37.1 Å². The lowest BCUT2D eigenvalue weighted by atomic mass is 10.1. The summed E-state index contributed by atoms with van der Waals surface area (Å²) in [6.07, 6.45) is 5.08. The molecule has 4 heterocycles. The molecule has 0 aliphatic carbocycles. The number of benzene rings is 1. The van der Waals surface area contributed by atoms with Gasteiger partial charge in [-0.15, -0.1) is 11.3 Å². The number of aromatic nitrogens is 2. The number of rotatable bonds is 6. The van der Waals surface area contributed by atoms with E-state index < -0.39 is 0 Å². The largest absolute Gasteiger partial charge is 0.355 e. The molecule has 0 radical (unpaired) electrons. The van der Waals surface area contributed by atoms with E-state index in [0.717, 1.165) is 42.1 Å². The first-order chi connectivity index (χ1) is 14.8. The van der Waals surface area contributed by atoms with Crippen LogP contribution in [0, 0.1) is 5.92 Å². The van der Waals surface area contributed by atoms with Gasteiger partial charge in [-0.05, 0) is 37.9 Å². The van der Waals surface area contributed by atoms with Crippen LogP contribution >= 0.6 is 11.3 Å². The Morgan fingerprint density at radius 3 is 2.80 bits per heavy atom. The molecular formula is C23H27N5OS. The molecule has 1 amide bonds. The van der Waals surface area contributed by atoms with Crippen molar-refractivity contribution in [2.45, 2.75) is 19.3 Å².